The van der Waals surface area contributed by atoms with E-state index in [1.807, 2.05) is 36.4 Å². The lowest BCUT2D eigenvalue weighted by Crippen LogP contribution is -2.50. The van der Waals surface area contributed by atoms with Gasteiger partial charge in [0.15, 0.2) is 6.04 Å². The van der Waals surface area contributed by atoms with Crippen LogP contribution in [0.5, 0.6) is 0 Å². The van der Waals surface area contributed by atoms with E-state index in [1.54, 1.807) is 11.8 Å². The van der Waals surface area contributed by atoms with Crippen molar-refractivity contribution in [1.29, 1.82) is 0 Å². The first-order chi connectivity index (χ1) is 10.1. The number of ether oxygens (including phenoxy) is 1. The molecule has 0 bridgehead atoms. The minimum absolute atomic E-state index is 0.220. The van der Waals surface area contributed by atoms with E-state index in [4.69, 9.17) is 10.5 Å². The van der Waals surface area contributed by atoms with Crippen LogP contribution in [0.25, 0.3) is 5.57 Å². The van der Waals surface area contributed by atoms with E-state index in [1.165, 1.54) is 11.1 Å². The molecule has 112 valence electrons. The third kappa shape index (κ3) is 3.70. The van der Waals surface area contributed by atoms with Gasteiger partial charge in [0.25, 0.3) is 5.91 Å². The molecule has 0 fully saturated rings. The quantitative estimate of drug-likeness (QED) is 0.667. The number of esters is 1. The Labute approximate surface area is 124 Å². The molecule has 0 radical (unpaired) electrons. The van der Waals surface area contributed by atoms with Gasteiger partial charge in [0.2, 0.25) is 0 Å². The summed E-state index contributed by atoms with van der Waals surface area (Å²) in [4.78, 5) is 25.2. The standard InChI is InChI=1S/C16H20N2O3/c1-2-21-16(20)14(17)15(19)18-10-8-13(9-11-18)12-6-4-3-5-7-12/h3-8,14H,2,9-11,17H2,1H3. The molecule has 0 saturated heterocycles. The van der Waals surface area contributed by atoms with Crippen molar-refractivity contribution in [2.75, 3.05) is 19.7 Å². The van der Waals surface area contributed by atoms with Crippen LogP contribution in [0.2, 0.25) is 0 Å². The van der Waals surface area contributed by atoms with Crippen molar-refractivity contribution in [2.24, 2.45) is 5.73 Å². The molecule has 5 nitrogen and oxygen atoms in total. The molecular weight excluding hydrogens is 268 g/mol. The van der Waals surface area contributed by atoms with E-state index in [2.05, 4.69) is 0 Å². The van der Waals surface area contributed by atoms with Gasteiger partial charge in [-0.2, -0.15) is 0 Å². The van der Waals surface area contributed by atoms with Crippen LogP contribution < -0.4 is 5.73 Å². The Balaban J connectivity index is 1.98. The Morgan fingerprint density at radius 2 is 2.05 bits per heavy atom. The van der Waals surface area contributed by atoms with Gasteiger partial charge in [0.1, 0.15) is 0 Å². The van der Waals surface area contributed by atoms with E-state index < -0.39 is 12.0 Å². The molecule has 2 rings (SSSR count). The highest BCUT2D eigenvalue weighted by molar-refractivity contribution is 6.01. The predicted molar refractivity (Wildman–Crippen MR) is 80.2 cm³/mol. The summed E-state index contributed by atoms with van der Waals surface area (Å²) < 4.78 is 4.78. The Morgan fingerprint density at radius 1 is 1.33 bits per heavy atom. The third-order valence-electron chi connectivity index (χ3n) is 3.47. The van der Waals surface area contributed by atoms with Gasteiger partial charge in [-0.25, -0.2) is 4.79 Å². The summed E-state index contributed by atoms with van der Waals surface area (Å²) in [5.74, 6) is -1.04. The molecule has 1 atom stereocenters. The Hall–Kier alpha value is -2.14. The molecule has 5 heteroatoms. The number of carbonyl (C=O) groups excluding carboxylic acids is 2. The Morgan fingerprint density at radius 3 is 2.62 bits per heavy atom. The fourth-order valence-corrected chi connectivity index (χ4v) is 2.31. The van der Waals surface area contributed by atoms with E-state index in [9.17, 15) is 9.59 Å². The number of nitrogens with zero attached hydrogens (tertiary/aromatic N) is 1. The van der Waals surface area contributed by atoms with Crippen LogP contribution in [0.15, 0.2) is 36.4 Å². The first kappa shape index (κ1) is 15.3. The molecule has 1 aliphatic rings. The molecule has 1 amide bonds. The van der Waals surface area contributed by atoms with Crippen LogP contribution in [0, 0.1) is 0 Å². The van der Waals surface area contributed by atoms with Crippen molar-refractivity contribution in [1.82, 2.24) is 4.90 Å². The number of hydrogen-bond acceptors (Lipinski definition) is 4. The highest BCUT2D eigenvalue weighted by Crippen LogP contribution is 2.22. The van der Waals surface area contributed by atoms with Crippen LogP contribution in [0.4, 0.5) is 0 Å². The second-order valence-electron chi connectivity index (χ2n) is 4.86. The van der Waals surface area contributed by atoms with Crippen molar-refractivity contribution in [3.63, 3.8) is 0 Å². The van der Waals surface area contributed by atoms with Crippen LogP contribution in [0.3, 0.4) is 0 Å². The van der Waals surface area contributed by atoms with Gasteiger partial charge in [0, 0.05) is 13.1 Å². The topological polar surface area (TPSA) is 72.6 Å². The second kappa shape index (κ2) is 7.04. The van der Waals surface area contributed by atoms with Gasteiger partial charge >= 0.3 is 5.97 Å². The van der Waals surface area contributed by atoms with E-state index >= 15 is 0 Å². The Bertz CT molecular complexity index is 540. The average Bonchev–Trinajstić information content (AvgIpc) is 2.54. The summed E-state index contributed by atoms with van der Waals surface area (Å²) in [6, 6.07) is 8.83. The lowest BCUT2D eigenvalue weighted by molar-refractivity contribution is -0.150. The van der Waals surface area contributed by atoms with Gasteiger partial charge in [-0.05, 0) is 24.5 Å². The van der Waals surface area contributed by atoms with Gasteiger partial charge in [-0.15, -0.1) is 0 Å². The van der Waals surface area contributed by atoms with Crippen molar-refractivity contribution in [3.05, 3.63) is 42.0 Å². The maximum absolute atomic E-state index is 12.1. The maximum Gasteiger partial charge on any atom is 0.332 e. The number of rotatable bonds is 4. The van der Waals surface area contributed by atoms with Gasteiger partial charge < -0.3 is 15.4 Å². The monoisotopic (exact) mass is 288 g/mol. The molecule has 1 aromatic rings. The zero-order valence-electron chi connectivity index (χ0n) is 12.1. The fraction of sp³-hybridized carbons (Fsp3) is 0.375. The average molecular weight is 288 g/mol. The Kier molecular flexibility index (Phi) is 5.11. The lowest BCUT2D eigenvalue weighted by atomic mass is 9.99. The highest BCUT2D eigenvalue weighted by Gasteiger charge is 2.29. The number of amides is 1. The first-order valence-corrected chi connectivity index (χ1v) is 7.09. The molecule has 0 aromatic heterocycles. The lowest BCUT2D eigenvalue weighted by Gasteiger charge is -2.28. The SMILES string of the molecule is CCOC(=O)C(N)C(=O)N1CC=C(c2ccccc2)CC1. The second-order valence-corrected chi connectivity index (χ2v) is 4.86. The van der Waals surface area contributed by atoms with Crippen LogP contribution in [-0.4, -0.2) is 42.5 Å². The summed E-state index contributed by atoms with van der Waals surface area (Å²) >= 11 is 0. The molecule has 1 unspecified atom stereocenters. The van der Waals surface area contributed by atoms with Gasteiger partial charge in [-0.1, -0.05) is 36.4 Å². The normalized spacial score (nSPS) is 16.1. The number of nitrogens with two attached hydrogens (primary N) is 1. The molecule has 0 saturated carbocycles. The number of carbonyl (C=O) groups is 2. The summed E-state index contributed by atoms with van der Waals surface area (Å²) in [6.45, 7) is 2.94. The molecule has 0 aliphatic carbocycles. The van der Waals surface area contributed by atoms with E-state index in [0.29, 0.717) is 13.1 Å². The summed E-state index contributed by atoms with van der Waals surface area (Å²) in [5.41, 5.74) is 8.02. The molecule has 1 aliphatic heterocycles. The van der Waals surface area contributed by atoms with Crippen LogP contribution in [-0.2, 0) is 14.3 Å². The first-order valence-electron chi connectivity index (χ1n) is 7.09. The molecule has 2 N–H and O–H groups in total. The molecular formula is C16H20N2O3. The van der Waals surface area contributed by atoms with E-state index in [0.717, 1.165) is 6.42 Å². The van der Waals surface area contributed by atoms with Crippen LogP contribution in [0.1, 0.15) is 18.9 Å². The van der Waals surface area contributed by atoms with Crippen molar-refractivity contribution in [2.45, 2.75) is 19.4 Å². The number of benzene rings is 1. The largest absolute Gasteiger partial charge is 0.464 e. The predicted octanol–water partition coefficient (Wildman–Crippen LogP) is 1.19. The summed E-state index contributed by atoms with van der Waals surface area (Å²) in [6.07, 6.45) is 2.76. The molecule has 1 heterocycles. The van der Waals surface area contributed by atoms with Crippen molar-refractivity contribution >= 4 is 17.4 Å². The van der Waals surface area contributed by atoms with Gasteiger partial charge in [-0.3, -0.25) is 4.79 Å². The van der Waals surface area contributed by atoms with Crippen molar-refractivity contribution in [3.8, 4) is 0 Å². The van der Waals surface area contributed by atoms with Crippen molar-refractivity contribution < 1.29 is 14.3 Å². The minimum Gasteiger partial charge on any atom is -0.464 e. The zero-order chi connectivity index (χ0) is 15.2. The molecule has 1 aromatic carbocycles. The van der Waals surface area contributed by atoms with E-state index in [-0.39, 0.29) is 12.5 Å². The summed E-state index contributed by atoms with van der Waals surface area (Å²) in [7, 11) is 0. The number of hydrogen-bond donors (Lipinski definition) is 1. The smallest absolute Gasteiger partial charge is 0.332 e. The van der Waals surface area contributed by atoms with Gasteiger partial charge in [0.05, 0.1) is 6.61 Å². The minimum atomic E-state index is -1.23. The highest BCUT2D eigenvalue weighted by atomic mass is 16.5. The zero-order valence-corrected chi connectivity index (χ0v) is 12.1. The molecule has 0 spiro atoms. The fourth-order valence-electron chi connectivity index (χ4n) is 2.31. The maximum atomic E-state index is 12.1. The van der Waals surface area contributed by atoms with Crippen LogP contribution >= 0.6 is 0 Å². The molecule has 21 heavy (non-hydrogen) atoms. The summed E-state index contributed by atoms with van der Waals surface area (Å²) in [5, 5.41) is 0. The third-order valence-corrected chi connectivity index (χ3v) is 3.47.